The predicted octanol–water partition coefficient (Wildman–Crippen LogP) is 0.236. The molecule has 0 aromatic carbocycles. The third kappa shape index (κ3) is 30.1. The van der Waals surface area contributed by atoms with Crippen molar-refractivity contribution in [3.63, 3.8) is 0 Å². The fourth-order valence-corrected chi connectivity index (χ4v) is 4.69. The maximum Gasteiger partial charge on any atom is 0.407 e. The Morgan fingerprint density at radius 2 is 1.42 bits per heavy atom. The highest BCUT2D eigenvalue weighted by atomic mass is 16.5. The molecule has 1 aromatic heterocycles. The Bertz CT molecular complexity index is 1370. The van der Waals surface area contributed by atoms with Crippen LogP contribution >= 0.6 is 0 Å². The Labute approximate surface area is 332 Å². The van der Waals surface area contributed by atoms with Gasteiger partial charge in [-0.1, -0.05) is 32.4 Å². The van der Waals surface area contributed by atoms with Crippen molar-refractivity contribution in [1.29, 1.82) is 0 Å². The lowest BCUT2D eigenvalue weighted by atomic mass is 9.90. The van der Waals surface area contributed by atoms with E-state index in [1.165, 1.54) is 0 Å². The molecule has 1 rings (SSSR count). The molecular formula is C36H61N7O14. The monoisotopic (exact) mass is 815 g/mol. The Hall–Kier alpha value is -4.73. The maximum atomic E-state index is 12.0. The molecule has 57 heavy (non-hydrogen) atoms. The zero-order valence-electron chi connectivity index (χ0n) is 33.3. The number of ether oxygens (including phenoxy) is 5. The number of alkyl carbamates (subject to hydrolysis) is 1. The lowest BCUT2D eigenvalue weighted by molar-refractivity contribution is -0.145. The fourth-order valence-electron chi connectivity index (χ4n) is 4.69. The third-order valence-corrected chi connectivity index (χ3v) is 7.62. The largest absolute Gasteiger partial charge is 0.481 e. The number of carboxylic acids is 2. The van der Waals surface area contributed by atoms with Gasteiger partial charge in [0.25, 0.3) is 0 Å². The topological polar surface area (TPSA) is 285 Å². The summed E-state index contributed by atoms with van der Waals surface area (Å²) < 4.78 is 28.1. The molecule has 1 heterocycles. The van der Waals surface area contributed by atoms with E-state index in [4.69, 9.17) is 33.9 Å². The molecule has 1 unspecified atom stereocenters. The van der Waals surface area contributed by atoms with Crippen LogP contribution in [0, 0.1) is 5.41 Å². The number of carbonyl (C=O) groups excluding carboxylic acids is 5. The van der Waals surface area contributed by atoms with Crippen LogP contribution in [0.1, 0.15) is 77.8 Å². The summed E-state index contributed by atoms with van der Waals surface area (Å²) in [4.78, 5) is 81.0. The molecule has 0 fully saturated rings. The minimum absolute atomic E-state index is 0.0857. The molecule has 6 N–H and O–H groups in total. The van der Waals surface area contributed by atoms with Crippen molar-refractivity contribution in [3.8, 4) is 0 Å². The van der Waals surface area contributed by atoms with Gasteiger partial charge in [0.15, 0.2) is 5.78 Å². The lowest BCUT2D eigenvalue weighted by Crippen LogP contribution is -2.42. The van der Waals surface area contributed by atoms with Gasteiger partial charge >= 0.3 is 18.0 Å². The van der Waals surface area contributed by atoms with E-state index in [0.717, 1.165) is 19.3 Å². The summed E-state index contributed by atoms with van der Waals surface area (Å²) in [5, 5.41) is 35.9. The lowest BCUT2D eigenvalue weighted by Gasteiger charge is -2.17. The third-order valence-electron chi connectivity index (χ3n) is 7.62. The van der Waals surface area contributed by atoms with Gasteiger partial charge in [-0.2, -0.15) is 0 Å². The summed E-state index contributed by atoms with van der Waals surface area (Å²) in [6, 6.07) is -1.39. The Kier molecular flexibility index (Phi) is 26.8. The number of hydrogen-bond donors (Lipinski definition) is 6. The highest BCUT2D eigenvalue weighted by molar-refractivity contribution is 5.95. The average Bonchev–Trinajstić information content (AvgIpc) is 3.58. The van der Waals surface area contributed by atoms with E-state index in [1.54, 1.807) is 10.9 Å². The number of ketones is 1. The molecule has 0 spiro atoms. The molecule has 0 saturated carbocycles. The highest BCUT2D eigenvalue weighted by Gasteiger charge is 2.22. The molecule has 0 radical (unpaired) electrons. The van der Waals surface area contributed by atoms with Crippen LogP contribution in [-0.4, -0.2) is 152 Å². The number of aromatic nitrogens is 3. The van der Waals surface area contributed by atoms with Crippen molar-refractivity contribution >= 4 is 41.5 Å². The zero-order valence-corrected chi connectivity index (χ0v) is 33.3. The summed E-state index contributed by atoms with van der Waals surface area (Å²) in [5.41, 5.74) is 0.951. The summed E-state index contributed by atoms with van der Waals surface area (Å²) in [5.74, 6) is -4.61. The van der Waals surface area contributed by atoms with Crippen molar-refractivity contribution in [1.82, 2.24) is 36.3 Å². The van der Waals surface area contributed by atoms with Gasteiger partial charge in [-0.15, -0.1) is 5.10 Å². The molecular weight excluding hydrogens is 754 g/mol. The molecule has 21 nitrogen and oxygen atoms in total. The number of unbranched alkanes of at least 4 members (excludes halogenated alkanes) is 1. The molecule has 0 aliphatic carbocycles. The Balaban J connectivity index is 1.94. The quantitative estimate of drug-likeness (QED) is 0.0401. The van der Waals surface area contributed by atoms with E-state index in [-0.39, 0.29) is 95.8 Å². The van der Waals surface area contributed by atoms with Gasteiger partial charge in [0.05, 0.1) is 51.9 Å². The molecule has 0 saturated heterocycles. The first-order chi connectivity index (χ1) is 27.1. The van der Waals surface area contributed by atoms with Gasteiger partial charge in [0, 0.05) is 51.7 Å². The number of Topliss-reactive ketones (excluding diaryl/α,β-unsaturated/α-hetero) is 1. The molecule has 324 valence electrons. The number of carboxylic acid groups (broad SMARTS) is 2. The van der Waals surface area contributed by atoms with Crippen LogP contribution < -0.4 is 21.3 Å². The van der Waals surface area contributed by atoms with E-state index in [2.05, 4.69) is 52.4 Å². The van der Waals surface area contributed by atoms with E-state index < -0.39 is 42.3 Å². The second kappa shape index (κ2) is 30.4. The zero-order chi connectivity index (χ0) is 42.3. The molecule has 4 amide bonds. The van der Waals surface area contributed by atoms with E-state index in [0.29, 0.717) is 44.8 Å². The molecule has 1 atom stereocenters. The normalized spacial score (nSPS) is 11.7. The minimum atomic E-state index is -1.40. The Morgan fingerprint density at radius 1 is 0.737 bits per heavy atom. The van der Waals surface area contributed by atoms with Crippen LogP contribution in [-0.2, 0) is 65.4 Å². The van der Waals surface area contributed by atoms with Gasteiger partial charge < -0.3 is 55.2 Å². The smallest absolute Gasteiger partial charge is 0.407 e. The molecule has 0 aliphatic heterocycles. The standard InChI is InChI=1S/C36H61N7O14/c1-36(2,3)11-4-5-12-39-35(52)57-17-10-27-24-43(42-41-27)15-13-37-32(47)26-56-22-19-53-16-6-7-28(44)25-55-21-20-54-18-14-38-30(45)9-8-29(34(50)51)40-31(46)23-33(48)49/h24,29H,4-23,25-26H2,1-3H3,(H,37,47)(H,38,45)(H,39,52)(H,40,46)(H,48,49)(H,50,51). The number of nitrogens with zero attached hydrogens (tertiary/aromatic N) is 3. The number of carbonyl (C=O) groups is 7. The minimum Gasteiger partial charge on any atom is -0.481 e. The van der Waals surface area contributed by atoms with Crippen LogP contribution in [0.15, 0.2) is 6.20 Å². The molecule has 1 aromatic rings. The van der Waals surface area contributed by atoms with Crippen LogP contribution in [0.3, 0.4) is 0 Å². The molecule has 21 heteroatoms. The molecule has 0 aliphatic rings. The number of aliphatic carboxylic acids is 2. The van der Waals surface area contributed by atoms with Crippen LogP contribution in [0.2, 0.25) is 0 Å². The van der Waals surface area contributed by atoms with Gasteiger partial charge in [-0.3, -0.25) is 28.7 Å². The van der Waals surface area contributed by atoms with Crippen molar-refractivity contribution in [3.05, 3.63) is 11.9 Å². The van der Waals surface area contributed by atoms with Crippen molar-refractivity contribution in [2.24, 2.45) is 5.41 Å². The van der Waals surface area contributed by atoms with E-state index in [9.17, 15) is 33.6 Å². The van der Waals surface area contributed by atoms with E-state index in [1.807, 2.05) is 0 Å². The van der Waals surface area contributed by atoms with Crippen molar-refractivity contribution < 1.29 is 67.5 Å². The van der Waals surface area contributed by atoms with Gasteiger partial charge in [0.1, 0.15) is 25.7 Å². The van der Waals surface area contributed by atoms with E-state index >= 15 is 0 Å². The second-order valence-electron chi connectivity index (χ2n) is 14.0. The predicted molar refractivity (Wildman–Crippen MR) is 201 cm³/mol. The summed E-state index contributed by atoms with van der Waals surface area (Å²) in [6.07, 6.45) is 4.21. The summed E-state index contributed by atoms with van der Waals surface area (Å²) >= 11 is 0. The molecule has 0 bridgehead atoms. The van der Waals surface area contributed by atoms with Crippen LogP contribution in [0.5, 0.6) is 0 Å². The SMILES string of the molecule is CC(C)(C)CCCCNC(=O)OCCc1cn(CCNC(=O)COCCOCCCC(=O)COCCOCCNC(=O)CCC(NC(=O)CC(=O)O)C(=O)O)nn1. The first kappa shape index (κ1) is 50.3. The van der Waals surface area contributed by atoms with Crippen LogP contribution in [0.4, 0.5) is 4.79 Å². The number of nitrogens with one attached hydrogen (secondary N) is 4. The van der Waals surface area contributed by atoms with Crippen molar-refractivity contribution in [2.75, 3.05) is 79.1 Å². The van der Waals surface area contributed by atoms with Crippen molar-refractivity contribution in [2.45, 2.75) is 91.1 Å². The summed E-state index contributed by atoms with van der Waals surface area (Å²) in [6.45, 7) is 9.29. The first-order valence-corrected chi connectivity index (χ1v) is 19.0. The maximum absolute atomic E-state index is 12.0. The second-order valence-corrected chi connectivity index (χ2v) is 14.0. The number of hydrogen-bond acceptors (Lipinski definition) is 14. The van der Waals surface area contributed by atoms with Crippen LogP contribution in [0.25, 0.3) is 0 Å². The van der Waals surface area contributed by atoms with Gasteiger partial charge in [-0.05, 0) is 31.1 Å². The average molecular weight is 816 g/mol. The highest BCUT2D eigenvalue weighted by Crippen LogP contribution is 2.21. The number of rotatable bonds is 34. The number of amides is 4. The van der Waals surface area contributed by atoms with Gasteiger partial charge in [0.2, 0.25) is 17.7 Å². The Morgan fingerprint density at radius 3 is 2.12 bits per heavy atom. The van der Waals surface area contributed by atoms with Gasteiger partial charge in [-0.25, -0.2) is 9.59 Å². The summed E-state index contributed by atoms with van der Waals surface area (Å²) in [7, 11) is 0. The first-order valence-electron chi connectivity index (χ1n) is 19.0. The fraction of sp³-hybridized carbons (Fsp3) is 0.750.